The van der Waals surface area contributed by atoms with Crippen LogP contribution in [0.25, 0.3) is 0 Å². The Balaban J connectivity index is 2.08. The van der Waals surface area contributed by atoms with Crippen LogP contribution in [-0.4, -0.2) is 55.7 Å². The van der Waals surface area contributed by atoms with Crippen molar-refractivity contribution in [2.75, 3.05) is 33.8 Å². The van der Waals surface area contributed by atoms with E-state index in [1.54, 1.807) is 7.11 Å². The van der Waals surface area contributed by atoms with Crippen molar-refractivity contribution in [2.24, 2.45) is 5.73 Å². The molecule has 0 aromatic heterocycles. The highest BCUT2D eigenvalue weighted by Crippen LogP contribution is 2.26. The molecule has 0 aliphatic carbocycles. The van der Waals surface area contributed by atoms with Gasteiger partial charge in [-0.3, -0.25) is 9.80 Å². The van der Waals surface area contributed by atoms with Gasteiger partial charge in [0, 0.05) is 43.3 Å². The highest BCUT2D eigenvalue weighted by Gasteiger charge is 2.27. The summed E-state index contributed by atoms with van der Waals surface area (Å²) < 4.78 is 5.46. The molecule has 4 heteroatoms. The van der Waals surface area contributed by atoms with Crippen molar-refractivity contribution in [3.05, 3.63) is 29.3 Å². The first kappa shape index (κ1) is 16.3. The third kappa shape index (κ3) is 3.76. The van der Waals surface area contributed by atoms with Gasteiger partial charge in [0.1, 0.15) is 5.75 Å². The number of likely N-dealkylation sites (N-methyl/N-ethyl adjacent to an activating group) is 1. The van der Waals surface area contributed by atoms with Crippen LogP contribution in [-0.2, 0) is 0 Å². The SMILES string of the molecule is COc1ccc(C)cc1C(N)CN1CC(C)N(C)C(C)C1. The van der Waals surface area contributed by atoms with Crippen molar-refractivity contribution in [3.63, 3.8) is 0 Å². The maximum absolute atomic E-state index is 6.46. The monoisotopic (exact) mass is 291 g/mol. The van der Waals surface area contributed by atoms with Gasteiger partial charge in [-0.25, -0.2) is 0 Å². The number of methoxy groups -OCH3 is 1. The number of ether oxygens (including phenoxy) is 1. The second-order valence-electron chi connectivity index (χ2n) is 6.43. The second kappa shape index (κ2) is 6.77. The molecule has 0 radical (unpaired) electrons. The van der Waals surface area contributed by atoms with Crippen molar-refractivity contribution in [1.29, 1.82) is 0 Å². The van der Waals surface area contributed by atoms with Crippen LogP contribution in [0.5, 0.6) is 5.75 Å². The summed E-state index contributed by atoms with van der Waals surface area (Å²) in [7, 11) is 3.91. The standard InChI is InChI=1S/C17H29N3O/c1-12-6-7-17(21-5)15(8-12)16(18)11-20-9-13(2)19(4)14(3)10-20/h6-8,13-14,16H,9-11,18H2,1-5H3. The molecular formula is C17H29N3O. The lowest BCUT2D eigenvalue weighted by Crippen LogP contribution is -2.55. The molecule has 3 atom stereocenters. The number of rotatable bonds is 4. The number of hydrogen-bond acceptors (Lipinski definition) is 4. The predicted molar refractivity (Wildman–Crippen MR) is 87.8 cm³/mol. The van der Waals surface area contributed by atoms with Crippen LogP contribution in [0.4, 0.5) is 0 Å². The zero-order valence-corrected chi connectivity index (χ0v) is 14.0. The molecule has 1 aromatic rings. The van der Waals surface area contributed by atoms with E-state index >= 15 is 0 Å². The normalized spacial score (nSPS) is 25.8. The summed E-state index contributed by atoms with van der Waals surface area (Å²) in [6, 6.07) is 7.35. The summed E-state index contributed by atoms with van der Waals surface area (Å²) in [5.41, 5.74) is 8.79. The summed E-state index contributed by atoms with van der Waals surface area (Å²) in [6.07, 6.45) is 0. The highest BCUT2D eigenvalue weighted by molar-refractivity contribution is 5.39. The zero-order valence-electron chi connectivity index (χ0n) is 14.0. The molecule has 1 aliphatic rings. The molecule has 1 saturated heterocycles. The van der Waals surface area contributed by atoms with Crippen molar-refractivity contribution >= 4 is 0 Å². The Morgan fingerprint density at radius 1 is 1.29 bits per heavy atom. The largest absolute Gasteiger partial charge is 0.496 e. The van der Waals surface area contributed by atoms with Crippen LogP contribution in [0.1, 0.15) is 31.0 Å². The summed E-state index contributed by atoms with van der Waals surface area (Å²) in [6.45, 7) is 9.67. The fourth-order valence-electron chi connectivity index (χ4n) is 3.18. The van der Waals surface area contributed by atoms with Gasteiger partial charge in [0.25, 0.3) is 0 Å². The minimum Gasteiger partial charge on any atom is -0.496 e. The Bertz CT molecular complexity index is 465. The van der Waals surface area contributed by atoms with Gasteiger partial charge in [-0.1, -0.05) is 17.7 Å². The van der Waals surface area contributed by atoms with Gasteiger partial charge in [0.2, 0.25) is 0 Å². The smallest absolute Gasteiger partial charge is 0.123 e. The molecule has 1 aromatic carbocycles. The molecule has 0 saturated carbocycles. The van der Waals surface area contributed by atoms with Gasteiger partial charge in [0.15, 0.2) is 0 Å². The van der Waals surface area contributed by atoms with E-state index in [1.807, 2.05) is 6.07 Å². The Morgan fingerprint density at radius 3 is 2.48 bits per heavy atom. The molecule has 3 unspecified atom stereocenters. The third-order valence-electron chi connectivity index (χ3n) is 4.67. The lowest BCUT2D eigenvalue weighted by atomic mass is 10.0. The lowest BCUT2D eigenvalue weighted by Gasteiger charge is -2.43. The highest BCUT2D eigenvalue weighted by atomic mass is 16.5. The van der Waals surface area contributed by atoms with Crippen molar-refractivity contribution < 1.29 is 4.74 Å². The van der Waals surface area contributed by atoms with Crippen LogP contribution in [0, 0.1) is 6.92 Å². The minimum atomic E-state index is -0.0114. The fourth-order valence-corrected chi connectivity index (χ4v) is 3.18. The topological polar surface area (TPSA) is 41.7 Å². The molecule has 1 aliphatic heterocycles. The van der Waals surface area contributed by atoms with E-state index in [0.29, 0.717) is 12.1 Å². The number of piperazine rings is 1. The van der Waals surface area contributed by atoms with Crippen LogP contribution < -0.4 is 10.5 Å². The second-order valence-corrected chi connectivity index (χ2v) is 6.43. The van der Waals surface area contributed by atoms with Gasteiger partial charge < -0.3 is 10.5 Å². The first-order valence-electron chi connectivity index (χ1n) is 7.76. The van der Waals surface area contributed by atoms with Crippen LogP contribution in [0.15, 0.2) is 18.2 Å². The van der Waals surface area contributed by atoms with Crippen LogP contribution in [0.3, 0.4) is 0 Å². The van der Waals surface area contributed by atoms with Gasteiger partial charge in [0.05, 0.1) is 7.11 Å². The molecule has 0 bridgehead atoms. The number of nitrogens with zero attached hydrogens (tertiary/aromatic N) is 2. The van der Waals surface area contributed by atoms with Crippen LogP contribution >= 0.6 is 0 Å². The molecule has 2 N–H and O–H groups in total. The van der Waals surface area contributed by atoms with E-state index in [1.165, 1.54) is 5.56 Å². The van der Waals surface area contributed by atoms with Gasteiger partial charge >= 0.3 is 0 Å². The Kier molecular flexibility index (Phi) is 5.25. The number of aryl methyl sites for hydroxylation is 1. The maximum Gasteiger partial charge on any atom is 0.123 e. The Labute approximate surface area is 128 Å². The first-order valence-corrected chi connectivity index (χ1v) is 7.76. The predicted octanol–water partition coefficient (Wildman–Crippen LogP) is 2.03. The molecular weight excluding hydrogens is 262 g/mol. The molecule has 0 spiro atoms. The first-order chi connectivity index (χ1) is 9.92. The van der Waals surface area contributed by atoms with Crippen molar-refractivity contribution in [3.8, 4) is 5.75 Å². The van der Waals surface area contributed by atoms with Crippen molar-refractivity contribution in [2.45, 2.75) is 38.9 Å². The van der Waals surface area contributed by atoms with Gasteiger partial charge in [-0.05, 0) is 33.9 Å². The van der Waals surface area contributed by atoms with Crippen LogP contribution in [0.2, 0.25) is 0 Å². The maximum atomic E-state index is 6.46. The minimum absolute atomic E-state index is 0.0114. The average Bonchev–Trinajstić information content (AvgIpc) is 2.44. The van der Waals surface area contributed by atoms with E-state index in [-0.39, 0.29) is 6.04 Å². The van der Waals surface area contributed by atoms with Gasteiger partial charge in [-0.15, -0.1) is 0 Å². The molecule has 1 fully saturated rings. The molecule has 1 heterocycles. The Morgan fingerprint density at radius 2 is 1.90 bits per heavy atom. The summed E-state index contributed by atoms with van der Waals surface area (Å²) in [4.78, 5) is 4.91. The number of benzene rings is 1. The van der Waals surface area contributed by atoms with E-state index < -0.39 is 0 Å². The van der Waals surface area contributed by atoms with Gasteiger partial charge in [-0.2, -0.15) is 0 Å². The summed E-state index contributed by atoms with van der Waals surface area (Å²) >= 11 is 0. The van der Waals surface area contributed by atoms with E-state index in [4.69, 9.17) is 10.5 Å². The lowest BCUT2D eigenvalue weighted by molar-refractivity contribution is 0.0565. The molecule has 21 heavy (non-hydrogen) atoms. The average molecular weight is 291 g/mol. The zero-order chi connectivity index (χ0) is 15.6. The third-order valence-corrected chi connectivity index (χ3v) is 4.67. The number of hydrogen-bond donors (Lipinski definition) is 1. The quantitative estimate of drug-likeness (QED) is 0.921. The summed E-state index contributed by atoms with van der Waals surface area (Å²) in [5, 5.41) is 0. The fraction of sp³-hybridized carbons (Fsp3) is 0.647. The number of nitrogens with two attached hydrogens (primary N) is 1. The molecule has 4 nitrogen and oxygen atoms in total. The molecule has 118 valence electrons. The van der Waals surface area contributed by atoms with E-state index in [0.717, 1.165) is 30.9 Å². The van der Waals surface area contributed by atoms with E-state index in [9.17, 15) is 0 Å². The molecule has 2 rings (SSSR count). The van der Waals surface area contributed by atoms with Crippen molar-refractivity contribution in [1.82, 2.24) is 9.80 Å². The molecule has 0 amide bonds. The van der Waals surface area contributed by atoms with E-state index in [2.05, 4.69) is 49.8 Å². The summed E-state index contributed by atoms with van der Waals surface area (Å²) in [5.74, 6) is 0.892. The Hall–Kier alpha value is -1.10.